The molecule has 3 aromatic rings. The molecule has 1 aromatic carbocycles. The molecule has 2 heterocycles. The second-order valence-corrected chi connectivity index (χ2v) is 4.56. The fraction of sp³-hybridized carbons (Fsp3) is 0.125. The van der Waals surface area contributed by atoms with Gasteiger partial charge in [0.15, 0.2) is 0 Å². The van der Waals surface area contributed by atoms with Gasteiger partial charge in [0.25, 0.3) is 0 Å². The summed E-state index contributed by atoms with van der Waals surface area (Å²) in [5, 5.41) is 0. The van der Waals surface area contributed by atoms with Crippen LogP contribution in [-0.4, -0.2) is 22.5 Å². The molecular weight excluding hydrogens is 252 g/mol. The lowest BCUT2D eigenvalue weighted by Gasteiger charge is -2.08. The molecule has 0 fully saturated rings. The summed E-state index contributed by atoms with van der Waals surface area (Å²) in [6, 6.07) is 13.4. The minimum Gasteiger partial charge on any atom is -0.464 e. The molecule has 4 heteroatoms. The number of carbonyl (C=O) groups is 1. The van der Waals surface area contributed by atoms with Crippen molar-refractivity contribution in [3.05, 3.63) is 59.9 Å². The van der Waals surface area contributed by atoms with E-state index in [-0.39, 0.29) is 5.97 Å². The molecule has 2 aromatic heterocycles. The van der Waals surface area contributed by atoms with Gasteiger partial charge in [-0.3, -0.25) is 4.40 Å². The average molecular weight is 266 g/mol. The first-order chi connectivity index (χ1) is 9.72. The Balaban J connectivity index is 2.33. The van der Waals surface area contributed by atoms with Gasteiger partial charge in [-0.1, -0.05) is 30.3 Å². The molecule has 0 spiro atoms. The van der Waals surface area contributed by atoms with Crippen LogP contribution in [-0.2, 0) is 4.74 Å². The zero-order valence-corrected chi connectivity index (χ0v) is 11.3. The average Bonchev–Trinajstić information content (AvgIpc) is 2.91. The topological polar surface area (TPSA) is 43.6 Å². The van der Waals surface area contributed by atoms with Crippen molar-refractivity contribution in [2.75, 3.05) is 7.11 Å². The highest BCUT2D eigenvalue weighted by atomic mass is 16.5. The molecule has 3 rings (SSSR count). The highest BCUT2D eigenvalue weighted by molar-refractivity contribution is 5.89. The Morgan fingerprint density at radius 2 is 1.95 bits per heavy atom. The van der Waals surface area contributed by atoms with Gasteiger partial charge in [-0.2, -0.15) is 0 Å². The summed E-state index contributed by atoms with van der Waals surface area (Å²) < 4.78 is 6.67. The van der Waals surface area contributed by atoms with Crippen molar-refractivity contribution in [1.82, 2.24) is 9.38 Å². The van der Waals surface area contributed by atoms with Crippen LogP contribution in [0.25, 0.3) is 16.9 Å². The van der Waals surface area contributed by atoms with Gasteiger partial charge >= 0.3 is 5.97 Å². The Morgan fingerprint density at radius 3 is 2.70 bits per heavy atom. The number of rotatable bonds is 2. The van der Waals surface area contributed by atoms with Gasteiger partial charge in [0.1, 0.15) is 11.5 Å². The molecule has 0 atom stereocenters. The van der Waals surface area contributed by atoms with E-state index in [4.69, 9.17) is 4.74 Å². The molecule has 0 radical (unpaired) electrons. The van der Waals surface area contributed by atoms with Gasteiger partial charge in [0.05, 0.1) is 18.8 Å². The van der Waals surface area contributed by atoms with Crippen LogP contribution in [0.3, 0.4) is 0 Å². The van der Waals surface area contributed by atoms with Crippen molar-refractivity contribution in [3.63, 3.8) is 0 Å². The van der Waals surface area contributed by atoms with Crippen LogP contribution in [0.4, 0.5) is 0 Å². The number of carbonyl (C=O) groups excluding carboxylic acids is 1. The Bertz CT molecular complexity index is 790. The minimum atomic E-state index is -0.372. The monoisotopic (exact) mass is 266 g/mol. The van der Waals surface area contributed by atoms with Crippen LogP contribution in [0.15, 0.2) is 48.7 Å². The number of imidazole rings is 1. The lowest BCUT2D eigenvalue weighted by atomic mass is 10.1. The summed E-state index contributed by atoms with van der Waals surface area (Å²) in [4.78, 5) is 16.4. The van der Waals surface area contributed by atoms with Gasteiger partial charge in [0, 0.05) is 5.56 Å². The Labute approximate surface area is 116 Å². The number of fused-ring (bicyclic) bond motifs is 1. The van der Waals surface area contributed by atoms with E-state index >= 15 is 0 Å². The maximum Gasteiger partial charge on any atom is 0.355 e. The first kappa shape index (κ1) is 12.4. The van der Waals surface area contributed by atoms with E-state index in [2.05, 4.69) is 4.98 Å². The molecule has 20 heavy (non-hydrogen) atoms. The van der Waals surface area contributed by atoms with Crippen LogP contribution < -0.4 is 0 Å². The number of benzene rings is 1. The summed E-state index contributed by atoms with van der Waals surface area (Å²) in [5.74, 6) is 0.377. The molecule has 0 bridgehead atoms. The van der Waals surface area contributed by atoms with Crippen molar-refractivity contribution in [3.8, 4) is 11.4 Å². The minimum absolute atomic E-state index is 0.372. The van der Waals surface area contributed by atoms with E-state index in [0.717, 1.165) is 22.5 Å². The third-order valence-electron chi connectivity index (χ3n) is 3.33. The summed E-state index contributed by atoms with van der Waals surface area (Å²) in [7, 11) is 1.38. The third-order valence-corrected chi connectivity index (χ3v) is 3.33. The predicted molar refractivity (Wildman–Crippen MR) is 76.7 cm³/mol. The number of hydrogen-bond acceptors (Lipinski definition) is 3. The molecule has 0 amide bonds. The van der Waals surface area contributed by atoms with E-state index in [1.54, 1.807) is 12.3 Å². The van der Waals surface area contributed by atoms with Crippen molar-refractivity contribution in [2.24, 2.45) is 0 Å². The van der Waals surface area contributed by atoms with Crippen LogP contribution >= 0.6 is 0 Å². The summed E-state index contributed by atoms with van der Waals surface area (Å²) in [6.07, 6.45) is 1.76. The number of esters is 1. The number of methoxy groups -OCH3 is 1. The normalized spacial score (nSPS) is 10.7. The molecule has 0 aliphatic carbocycles. The lowest BCUT2D eigenvalue weighted by molar-refractivity contribution is 0.0592. The van der Waals surface area contributed by atoms with E-state index < -0.39 is 0 Å². The fourth-order valence-electron chi connectivity index (χ4n) is 2.33. The van der Waals surface area contributed by atoms with Gasteiger partial charge < -0.3 is 4.74 Å². The molecule has 0 aliphatic rings. The molecule has 0 N–H and O–H groups in total. The van der Waals surface area contributed by atoms with E-state index in [0.29, 0.717) is 5.69 Å². The van der Waals surface area contributed by atoms with Gasteiger partial charge in [-0.25, -0.2) is 9.78 Å². The number of hydrogen-bond donors (Lipinski definition) is 0. The van der Waals surface area contributed by atoms with Crippen molar-refractivity contribution >= 4 is 11.5 Å². The number of nitrogens with zero attached hydrogens (tertiary/aromatic N) is 2. The predicted octanol–water partition coefficient (Wildman–Crippen LogP) is 3.10. The Kier molecular flexibility index (Phi) is 2.99. The van der Waals surface area contributed by atoms with E-state index in [1.807, 2.05) is 47.7 Å². The van der Waals surface area contributed by atoms with Crippen LogP contribution in [0.2, 0.25) is 0 Å². The largest absolute Gasteiger partial charge is 0.464 e. The second kappa shape index (κ2) is 4.81. The number of aryl methyl sites for hydroxylation is 1. The molecule has 0 saturated carbocycles. The highest BCUT2D eigenvalue weighted by Crippen LogP contribution is 2.24. The summed E-state index contributed by atoms with van der Waals surface area (Å²) in [5.41, 5.74) is 3.45. The lowest BCUT2D eigenvalue weighted by Crippen LogP contribution is -2.08. The quantitative estimate of drug-likeness (QED) is 0.669. The number of aromatic nitrogens is 2. The van der Waals surface area contributed by atoms with E-state index in [9.17, 15) is 4.79 Å². The molecule has 4 nitrogen and oxygen atoms in total. The maximum absolute atomic E-state index is 11.9. The SMILES string of the molecule is COC(=O)c1cccc2cnc(-c3ccccc3C)n12. The van der Waals surface area contributed by atoms with Gasteiger partial charge in [-0.15, -0.1) is 0 Å². The van der Waals surface area contributed by atoms with E-state index in [1.165, 1.54) is 7.11 Å². The number of ether oxygens (including phenoxy) is 1. The molecule has 100 valence electrons. The smallest absolute Gasteiger partial charge is 0.355 e. The highest BCUT2D eigenvalue weighted by Gasteiger charge is 2.15. The Morgan fingerprint density at radius 1 is 1.15 bits per heavy atom. The zero-order valence-electron chi connectivity index (χ0n) is 11.3. The summed E-state index contributed by atoms with van der Waals surface area (Å²) in [6.45, 7) is 2.02. The zero-order chi connectivity index (χ0) is 14.1. The molecule has 0 aliphatic heterocycles. The summed E-state index contributed by atoms with van der Waals surface area (Å²) >= 11 is 0. The van der Waals surface area contributed by atoms with Gasteiger partial charge in [0.2, 0.25) is 0 Å². The number of pyridine rings is 1. The van der Waals surface area contributed by atoms with Crippen molar-refractivity contribution < 1.29 is 9.53 Å². The third kappa shape index (κ3) is 1.86. The Hall–Kier alpha value is -2.62. The van der Waals surface area contributed by atoms with Crippen LogP contribution in [0, 0.1) is 6.92 Å². The van der Waals surface area contributed by atoms with Crippen LogP contribution in [0.1, 0.15) is 16.1 Å². The van der Waals surface area contributed by atoms with Crippen molar-refractivity contribution in [1.29, 1.82) is 0 Å². The van der Waals surface area contributed by atoms with Crippen molar-refractivity contribution in [2.45, 2.75) is 6.92 Å². The first-order valence-corrected chi connectivity index (χ1v) is 6.33. The molecule has 0 unspecified atom stereocenters. The molecule has 0 saturated heterocycles. The van der Waals surface area contributed by atoms with Crippen LogP contribution in [0.5, 0.6) is 0 Å². The van der Waals surface area contributed by atoms with Gasteiger partial charge in [-0.05, 0) is 24.6 Å². The second-order valence-electron chi connectivity index (χ2n) is 4.56. The maximum atomic E-state index is 11.9. The molecular formula is C16H14N2O2. The standard InChI is InChI=1S/C16H14N2O2/c1-11-6-3-4-8-13(11)15-17-10-12-7-5-9-14(18(12)15)16(19)20-2/h3-10H,1-2H3. The fourth-order valence-corrected chi connectivity index (χ4v) is 2.33. The first-order valence-electron chi connectivity index (χ1n) is 6.33.